The van der Waals surface area contributed by atoms with E-state index >= 15 is 0 Å². The number of urea groups is 1. The molecule has 1 aromatic rings. The molecule has 0 aromatic heterocycles. The van der Waals surface area contributed by atoms with Crippen LogP contribution in [0.5, 0.6) is 0 Å². The zero-order valence-corrected chi connectivity index (χ0v) is 11.1. The molecule has 4 N–H and O–H groups in total. The lowest BCUT2D eigenvalue weighted by Crippen LogP contribution is -2.44. The van der Waals surface area contributed by atoms with Crippen LogP contribution in [0.15, 0.2) is 24.3 Å². The minimum Gasteiger partial charge on any atom is -0.394 e. The zero-order chi connectivity index (χ0) is 15.0. The minimum absolute atomic E-state index is 0.164. The number of hydrogen-bond donors (Lipinski definition) is 4. The van der Waals surface area contributed by atoms with Crippen molar-refractivity contribution in [2.75, 3.05) is 13.2 Å². The van der Waals surface area contributed by atoms with Crippen molar-refractivity contribution in [1.29, 1.82) is 0 Å². The highest BCUT2D eigenvalue weighted by Crippen LogP contribution is 2.01. The highest BCUT2D eigenvalue weighted by Gasteiger charge is 2.07. The Morgan fingerprint density at radius 1 is 1.25 bits per heavy atom. The van der Waals surface area contributed by atoms with Gasteiger partial charge in [-0.3, -0.25) is 4.79 Å². The van der Waals surface area contributed by atoms with Gasteiger partial charge in [0, 0.05) is 12.6 Å². The lowest BCUT2D eigenvalue weighted by Gasteiger charge is -2.11. The van der Waals surface area contributed by atoms with E-state index in [4.69, 9.17) is 5.11 Å². The van der Waals surface area contributed by atoms with Crippen molar-refractivity contribution in [3.63, 3.8) is 0 Å². The summed E-state index contributed by atoms with van der Waals surface area (Å²) in [6, 6.07) is 4.88. The van der Waals surface area contributed by atoms with E-state index in [1.165, 1.54) is 12.1 Å². The minimum atomic E-state index is -0.499. The molecule has 1 atom stereocenters. The molecule has 0 saturated carbocycles. The average Bonchev–Trinajstić information content (AvgIpc) is 2.44. The summed E-state index contributed by atoms with van der Waals surface area (Å²) in [5.41, 5.74) is 0.750. The first-order chi connectivity index (χ1) is 9.51. The van der Waals surface area contributed by atoms with Crippen LogP contribution < -0.4 is 16.0 Å². The Morgan fingerprint density at radius 3 is 2.50 bits per heavy atom. The molecule has 0 bridgehead atoms. The SMILES string of the molecule is CC(CO)NC(=O)CNC(=O)NCc1ccc(F)cc1. The monoisotopic (exact) mass is 283 g/mol. The summed E-state index contributed by atoms with van der Waals surface area (Å²) in [4.78, 5) is 22.7. The summed E-state index contributed by atoms with van der Waals surface area (Å²) in [5.74, 6) is -0.726. The second kappa shape index (κ2) is 8.11. The molecular weight excluding hydrogens is 265 g/mol. The molecule has 110 valence electrons. The van der Waals surface area contributed by atoms with Gasteiger partial charge < -0.3 is 21.1 Å². The van der Waals surface area contributed by atoms with Crippen molar-refractivity contribution in [2.24, 2.45) is 0 Å². The largest absolute Gasteiger partial charge is 0.394 e. The highest BCUT2D eigenvalue weighted by molar-refractivity contribution is 5.84. The van der Waals surface area contributed by atoms with E-state index < -0.39 is 6.03 Å². The average molecular weight is 283 g/mol. The summed E-state index contributed by atoms with van der Waals surface area (Å²) in [6.45, 7) is 1.54. The molecular formula is C13H18FN3O3. The van der Waals surface area contributed by atoms with Gasteiger partial charge in [0.05, 0.1) is 13.2 Å². The van der Waals surface area contributed by atoms with Crippen LogP contribution >= 0.6 is 0 Å². The van der Waals surface area contributed by atoms with Crippen LogP contribution in [0.1, 0.15) is 12.5 Å². The van der Waals surface area contributed by atoms with Crippen molar-refractivity contribution in [3.8, 4) is 0 Å². The van der Waals surface area contributed by atoms with E-state index in [9.17, 15) is 14.0 Å². The Labute approximate surface area is 116 Å². The number of carbonyl (C=O) groups excluding carboxylic acids is 2. The van der Waals surface area contributed by atoms with Crippen LogP contribution in [-0.2, 0) is 11.3 Å². The van der Waals surface area contributed by atoms with Crippen LogP contribution in [0, 0.1) is 5.82 Å². The number of halogens is 1. The van der Waals surface area contributed by atoms with Gasteiger partial charge in [-0.1, -0.05) is 12.1 Å². The van der Waals surface area contributed by atoms with Gasteiger partial charge in [0.1, 0.15) is 5.82 Å². The third kappa shape index (κ3) is 6.14. The molecule has 0 aliphatic rings. The van der Waals surface area contributed by atoms with Crippen molar-refractivity contribution in [2.45, 2.75) is 19.5 Å². The first-order valence-electron chi connectivity index (χ1n) is 6.17. The Hall–Kier alpha value is -2.15. The number of carbonyl (C=O) groups is 2. The second-order valence-corrected chi connectivity index (χ2v) is 4.31. The number of aliphatic hydroxyl groups excluding tert-OH is 1. The Balaban J connectivity index is 2.23. The van der Waals surface area contributed by atoms with E-state index in [0.29, 0.717) is 0 Å². The Morgan fingerprint density at radius 2 is 1.90 bits per heavy atom. The lowest BCUT2D eigenvalue weighted by molar-refractivity contribution is -0.120. The first kappa shape index (κ1) is 15.9. The van der Waals surface area contributed by atoms with Gasteiger partial charge in [-0.2, -0.15) is 0 Å². The number of hydrogen-bond acceptors (Lipinski definition) is 3. The fourth-order valence-corrected chi connectivity index (χ4v) is 1.38. The number of rotatable bonds is 6. The zero-order valence-electron chi connectivity index (χ0n) is 11.1. The summed E-state index contributed by atoms with van der Waals surface area (Å²) < 4.78 is 12.7. The topological polar surface area (TPSA) is 90.5 Å². The van der Waals surface area contributed by atoms with Crippen molar-refractivity contribution < 1.29 is 19.1 Å². The van der Waals surface area contributed by atoms with Crippen LogP contribution in [-0.4, -0.2) is 36.2 Å². The van der Waals surface area contributed by atoms with Gasteiger partial charge in [0.25, 0.3) is 0 Å². The predicted octanol–water partition coefficient (Wildman–Crippen LogP) is 0.122. The molecule has 0 saturated heterocycles. The van der Waals surface area contributed by atoms with E-state index in [-0.39, 0.29) is 37.5 Å². The maximum absolute atomic E-state index is 12.7. The number of nitrogens with one attached hydrogen (secondary N) is 3. The van der Waals surface area contributed by atoms with Gasteiger partial charge in [-0.25, -0.2) is 9.18 Å². The van der Waals surface area contributed by atoms with E-state index in [1.807, 2.05) is 0 Å². The van der Waals surface area contributed by atoms with Gasteiger partial charge in [-0.05, 0) is 24.6 Å². The Bertz CT molecular complexity index is 451. The number of aliphatic hydroxyl groups is 1. The number of amides is 3. The predicted molar refractivity (Wildman–Crippen MR) is 71.3 cm³/mol. The molecule has 3 amide bonds. The van der Waals surface area contributed by atoms with Gasteiger partial charge in [0.2, 0.25) is 5.91 Å². The molecule has 1 rings (SSSR count). The normalized spacial score (nSPS) is 11.6. The molecule has 0 heterocycles. The summed E-state index contributed by atoms with van der Waals surface area (Å²) >= 11 is 0. The van der Waals surface area contributed by atoms with Crippen LogP contribution in [0.25, 0.3) is 0 Å². The summed E-state index contributed by atoms with van der Waals surface area (Å²) in [5, 5.41) is 16.2. The van der Waals surface area contributed by atoms with Gasteiger partial charge >= 0.3 is 6.03 Å². The molecule has 20 heavy (non-hydrogen) atoms. The summed E-state index contributed by atoms with van der Waals surface area (Å²) in [7, 11) is 0. The fourth-order valence-electron chi connectivity index (χ4n) is 1.38. The molecule has 0 radical (unpaired) electrons. The maximum atomic E-state index is 12.7. The Kier molecular flexibility index (Phi) is 6.45. The van der Waals surface area contributed by atoms with E-state index in [2.05, 4.69) is 16.0 Å². The van der Waals surface area contributed by atoms with Crippen LogP contribution in [0.2, 0.25) is 0 Å². The molecule has 0 aliphatic carbocycles. The molecule has 6 nitrogen and oxygen atoms in total. The van der Waals surface area contributed by atoms with E-state index in [1.54, 1.807) is 19.1 Å². The molecule has 0 fully saturated rings. The van der Waals surface area contributed by atoms with Gasteiger partial charge in [0.15, 0.2) is 0 Å². The van der Waals surface area contributed by atoms with Crippen molar-refractivity contribution in [1.82, 2.24) is 16.0 Å². The lowest BCUT2D eigenvalue weighted by atomic mass is 10.2. The van der Waals surface area contributed by atoms with Crippen LogP contribution in [0.4, 0.5) is 9.18 Å². The second-order valence-electron chi connectivity index (χ2n) is 4.31. The molecule has 1 aromatic carbocycles. The van der Waals surface area contributed by atoms with Crippen molar-refractivity contribution >= 4 is 11.9 Å². The maximum Gasteiger partial charge on any atom is 0.315 e. The molecule has 7 heteroatoms. The van der Waals surface area contributed by atoms with Gasteiger partial charge in [-0.15, -0.1) is 0 Å². The number of benzene rings is 1. The first-order valence-corrected chi connectivity index (χ1v) is 6.17. The molecule has 1 unspecified atom stereocenters. The van der Waals surface area contributed by atoms with E-state index in [0.717, 1.165) is 5.56 Å². The summed E-state index contributed by atoms with van der Waals surface area (Å²) in [6.07, 6.45) is 0. The highest BCUT2D eigenvalue weighted by atomic mass is 19.1. The third-order valence-electron chi connectivity index (χ3n) is 2.46. The molecule has 0 spiro atoms. The van der Waals surface area contributed by atoms with Crippen LogP contribution in [0.3, 0.4) is 0 Å². The molecule has 0 aliphatic heterocycles. The third-order valence-corrected chi connectivity index (χ3v) is 2.46. The smallest absolute Gasteiger partial charge is 0.315 e. The van der Waals surface area contributed by atoms with Crippen molar-refractivity contribution in [3.05, 3.63) is 35.6 Å². The standard InChI is InChI=1S/C13H18FN3O3/c1-9(8-18)17-12(19)7-16-13(20)15-6-10-2-4-11(14)5-3-10/h2-5,9,18H,6-8H2,1H3,(H,17,19)(H2,15,16,20). The fraction of sp³-hybridized carbons (Fsp3) is 0.385. The quantitative estimate of drug-likeness (QED) is 0.598.